The summed E-state index contributed by atoms with van der Waals surface area (Å²) in [5.41, 5.74) is 21.4. The van der Waals surface area contributed by atoms with Crippen LogP contribution in [0.2, 0.25) is 0 Å². The first-order valence-electron chi connectivity index (χ1n) is 24.3. The molecule has 2 aliphatic rings. The molecular weight excluding hydrogens is 865 g/mol. The topological polar surface area (TPSA) is 32.8 Å². The molecule has 0 saturated heterocycles. The lowest BCUT2D eigenvalue weighted by atomic mass is 9.70. The van der Waals surface area contributed by atoms with Crippen LogP contribution in [0.25, 0.3) is 77.3 Å². The van der Waals surface area contributed by atoms with Gasteiger partial charge in [-0.3, -0.25) is 0 Å². The van der Waals surface area contributed by atoms with Crippen LogP contribution in [0.15, 0.2) is 264 Å². The molecule has 2 aliphatic carbocycles. The van der Waals surface area contributed by atoms with E-state index >= 15 is 0 Å². The molecule has 0 radical (unpaired) electrons. The maximum absolute atomic E-state index is 6.82. The highest BCUT2D eigenvalue weighted by Gasteiger charge is 2.52. The molecule has 0 fully saturated rings. The van der Waals surface area contributed by atoms with Crippen LogP contribution in [0, 0.1) is 0 Å². The second-order valence-corrected chi connectivity index (χ2v) is 18.7. The van der Waals surface area contributed by atoms with E-state index in [9.17, 15) is 0 Å². The molecule has 1 spiro atoms. The van der Waals surface area contributed by atoms with Crippen molar-refractivity contribution in [2.45, 2.75) is 5.41 Å². The Hall–Kier alpha value is -9.38. The number of hydrogen-bond donors (Lipinski definition) is 0. The standard InChI is InChI=1S/C67H42N2O2/c1-4-19-45(20-5-1)68(46-21-6-2-7-22-46)48-39-44(40-49(42-48)69(47-23-8-3-9-24-47)60-32-18-29-53-52-26-12-16-33-61(52)71-66(53)60)43-35-36-51-50-25-10-14-30-56(50)67(59(51)41-43)57-31-15-11-27-54(57)64-58(67)37-38-63-65(64)55-28-13-17-34-62(55)70-63/h1-42H. The van der Waals surface area contributed by atoms with E-state index in [4.69, 9.17) is 8.83 Å². The van der Waals surface area contributed by atoms with E-state index in [1.165, 1.54) is 49.9 Å². The number of benzene rings is 11. The average Bonchev–Trinajstić information content (AvgIpc) is 4.17. The molecule has 11 aromatic carbocycles. The predicted octanol–water partition coefficient (Wildman–Crippen LogP) is 18.4. The number of nitrogens with zero attached hydrogens (tertiary/aromatic N) is 2. The summed E-state index contributed by atoms with van der Waals surface area (Å²) in [6.07, 6.45) is 0. The number of furan rings is 2. The zero-order chi connectivity index (χ0) is 46.6. The van der Waals surface area contributed by atoms with Gasteiger partial charge in [0.1, 0.15) is 16.7 Å². The van der Waals surface area contributed by atoms with Gasteiger partial charge in [-0.05, 0) is 141 Å². The molecule has 0 amide bonds. The fraction of sp³-hybridized carbons (Fsp3) is 0.0149. The predicted molar refractivity (Wildman–Crippen MR) is 292 cm³/mol. The third-order valence-corrected chi connectivity index (χ3v) is 15.0. The van der Waals surface area contributed by atoms with Crippen LogP contribution in [0.4, 0.5) is 34.1 Å². The summed E-state index contributed by atoms with van der Waals surface area (Å²) in [5.74, 6) is 0. The number of fused-ring (bicyclic) bond motifs is 17. The highest BCUT2D eigenvalue weighted by atomic mass is 16.3. The van der Waals surface area contributed by atoms with Crippen molar-refractivity contribution in [1.29, 1.82) is 0 Å². The quantitative estimate of drug-likeness (QED) is 0.160. The summed E-state index contributed by atoms with van der Waals surface area (Å²) in [4.78, 5) is 4.73. The third kappa shape index (κ3) is 5.73. The van der Waals surface area contributed by atoms with E-state index in [1.54, 1.807) is 0 Å². The fourth-order valence-corrected chi connectivity index (χ4v) is 12.2. The molecule has 4 heteroatoms. The lowest BCUT2D eigenvalue weighted by Gasteiger charge is -2.31. The Labute approximate surface area is 410 Å². The molecule has 0 N–H and O–H groups in total. The highest BCUT2D eigenvalue weighted by molar-refractivity contribution is 6.16. The summed E-state index contributed by atoms with van der Waals surface area (Å²) in [5, 5.41) is 4.48. The van der Waals surface area contributed by atoms with Crippen LogP contribution >= 0.6 is 0 Å². The first-order chi connectivity index (χ1) is 35.2. The Kier molecular flexibility index (Phi) is 8.54. The number of hydrogen-bond acceptors (Lipinski definition) is 4. The normalized spacial score (nSPS) is 14.3. The minimum absolute atomic E-state index is 0.575. The van der Waals surface area contributed by atoms with E-state index in [0.29, 0.717) is 0 Å². The van der Waals surface area contributed by atoms with Crippen molar-refractivity contribution in [1.82, 2.24) is 0 Å². The summed E-state index contributed by atoms with van der Waals surface area (Å²) < 4.78 is 13.4. The largest absolute Gasteiger partial charge is 0.456 e. The Morgan fingerprint density at radius 3 is 1.56 bits per heavy atom. The van der Waals surface area contributed by atoms with Crippen molar-refractivity contribution < 1.29 is 8.83 Å². The third-order valence-electron chi connectivity index (χ3n) is 15.0. The molecule has 1 atom stereocenters. The summed E-state index contributed by atoms with van der Waals surface area (Å²) in [6, 6.07) is 92.2. The lowest BCUT2D eigenvalue weighted by Crippen LogP contribution is -2.25. The summed E-state index contributed by atoms with van der Waals surface area (Å²) >= 11 is 0. The van der Waals surface area contributed by atoms with E-state index in [-0.39, 0.29) is 0 Å². The first kappa shape index (κ1) is 39.6. The Bertz CT molecular complexity index is 4210. The second-order valence-electron chi connectivity index (χ2n) is 18.7. The Morgan fingerprint density at radius 2 is 0.845 bits per heavy atom. The van der Waals surface area contributed by atoms with Gasteiger partial charge in [-0.15, -0.1) is 0 Å². The summed E-state index contributed by atoms with van der Waals surface area (Å²) in [6.45, 7) is 0. The summed E-state index contributed by atoms with van der Waals surface area (Å²) in [7, 11) is 0. The molecule has 2 aromatic heterocycles. The van der Waals surface area contributed by atoms with Crippen LogP contribution in [0.5, 0.6) is 0 Å². The van der Waals surface area contributed by atoms with Gasteiger partial charge in [0.15, 0.2) is 5.58 Å². The van der Waals surface area contributed by atoms with Gasteiger partial charge >= 0.3 is 0 Å². The van der Waals surface area contributed by atoms with Crippen molar-refractivity contribution in [3.05, 3.63) is 277 Å². The molecule has 4 nitrogen and oxygen atoms in total. The van der Waals surface area contributed by atoms with Gasteiger partial charge in [0, 0.05) is 50.0 Å². The smallest absolute Gasteiger partial charge is 0.159 e. The molecule has 15 rings (SSSR count). The zero-order valence-electron chi connectivity index (χ0n) is 38.5. The number of para-hydroxylation sites is 6. The van der Waals surface area contributed by atoms with Crippen molar-refractivity contribution in [2.24, 2.45) is 0 Å². The minimum Gasteiger partial charge on any atom is -0.456 e. The van der Waals surface area contributed by atoms with Crippen molar-refractivity contribution >= 4 is 78.0 Å². The molecule has 0 saturated carbocycles. The van der Waals surface area contributed by atoms with Gasteiger partial charge in [0.2, 0.25) is 0 Å². The molecular formula is C67H42N2O2. The average molecular weight is 907 g/mol. The second kappa shape index (κ2) is 15.3. The lowest BCUT2D eigenvalue weighted by molar-refractivity contribution is 0.668. The minimum atomic E-state index is -0.575. The molecule has 2 heterocycles. The van der Waals surface area contributed by atoms with Crippen molar-refractivity contribution in [2.75, 3.05) is 9.80 Å². The Morgan fingerprint density at radius 1 is 0.296 bits per heavy atom. The van der Waals surface area contributed by atoms with E-state index in [1.807, 2.05) is 6.07 Å². The van der Waals surface area contributed by atoms with Crippen LogP contribution in [0.3, 0.4) is 0 Å². The maximum atomic E-state index is 6.82. The maximum Gasteiger partial charge on any atom is 0.159 e. The van der Waals surface area contributed by atoms with Gasteiger partial charge in [0.25, 0.3) is 0 Å². The van der Waals surface area contributed by atoms with Gasteiger partial charge in [-0.1, -0.05) is 170 Å². The van der Waals surface area contributed by atoms with E-state index < -0.39 is 5.41 Å². The monoisotopic (exact) mass is 906 g/mol. The molecule has 1 unspecified atom stereocenters. The molecule has 71 heavy (non-hydrogen) atoms. The number of anilines is 6. The van der Waals surface area contributed by atoms with Crippen LogP contribution in [-0.2, 0) is 5.41 Å². The molecule has 13 aromatic rings. The van der Waals surface area contributed by atoms with Crippen molar-refractivity contribution in [3.8, 4) is 33.4 Å². The van der Waals surface area contributed by atoms with Crippen LogP contribution in [0.1, 0.15) is 22.3 Å². The van der Waals surface area contributed by atoms with Crippen LogP contribution < -0.4 is 9.80 Å². The molecule has 332 valence electrons. The zero-order valence-corrected chi connectivity index (χ0v) is 38.5. The highest BCUT2D eigenvalue weighted by Crippen LogP contribution is 2.64. The Balaban J connectivity index is 1.02. The van der Waals surface area contributed by atoms with Gasteiger partial charge in [0.05, 0.1) is 11.1 Å². The van der Waals surface area contributed by atoms with Crippen LogP contribution in [-0.4, -0.2) is 0 Å². The van der Waals surface area contributed by atoms with Gasteiger partial charge in [-0.2, -0.15) is 0 Å². The molecule has 0 bridgehead atoms. The number of rotatable bonds is 7. The SMILES string of the molecule is c1ccc(N(c2ccccc2)c2cc(-c3ccc4c(c3)C3(c5ccccc5-4)c4ccccc4-c4c3ccc3oc5ccccc5c43)cc(N(c3ccccc3)c3cccc4c3oc3ccccc34)c2)cc1. The van der Waals surface area contributed by atoms with Gasteiger partial charge < -0.3 is 18.6 Å². The van der Waals surface area contributed by atoms with Gasteiger partial charge in [-0.25, -0.2) is 0 Å². The molecule has 0 aliphatic heterocycles. The fourth-order valence-electron chi connectivity index (χ4n) is 12.2. The first-order valence-corrected chi connectivity index (χ1v) is 24.3. The van der Waals surface area contributed by atoms with E-state index in [0.717, 1.165) is 83.7 Å². The van der Waals surface area contributed by atoms with E-state index in [2.05, 4.69) is 259 Å². The van der Waals surface area contributed by atoms with Crippen molar-refractivity contribution in [3.63, 3.8) is 0 Å².